The highest BCUT2D eigenvalue weighted by atomic mass is 32.2. The van der Waals surface area contributed by atoms with Crippen LogP contribution in [0.4, 0.5) is 5.82 Å². The van der Waals surface area contributed by atoms with Crippen LogP contribution < -0.4 is 10.2 Å². The zero-order valence-corrected chi connectivity index (χ0v) is 16.0. The molecule has 2 aromatic rings. The van der Waals surface area contributed by atoms with Crippen molar-refractivity contribution in [2.75, 3.05) is 37.4 Å². The van der Waals surface area contributed by atoms with Crippen molar-refractivity contribution < 1.29 is 4.74 Å². The Kier molecular flexibility index (Phi) is 5.72. The van der Waals surface area contributed by atoms with Crippen LogP contribution in [0.2, 0.25) is 0 Å². The second kappa shape index (κ2) is 8.37. The fourth-order valence-corrected chi connectivity index (χ4v) is 4.19. The third-order valence-corrected chi connectivity index (χ3v) is 5.87. The van der Waals surface area contributed by atoms with Gasteiger partial charge < -0.3 is 15.0 Å². The van der Waals surface area contributed by atoms with Gasteiger partial charge in [-0.2, -0.15) is 0 Å². The highest BCUT2D eigenvalue weighted by molar-refractivity contribution is 7.98. The van der Waals surface area contributed by atoms with Crippen molar-refractivity contribution in [2.45, 2.75) is 36.6 Å². The summed E-state index contributed by atoms with van der Waals surface area (Å²) >= 11 is 1.59. The molecule has 0 amide bonds. The first-order valence-electron chi connectivity index (χ1n) is 9.38. The maximum atomic E-state index is 6.02. The predicted molar refractivity (Wildman–Crippen MR) is 106 cm³/mol. The number of nitrogens with zero attached hydrogens (tertiary/aromatic N) is 3. The molecule has 0 unspecified atom stereocenters. The summed E-state index contributed by atoms with van der Waals surface area (Å²) in [4.78, 5) is 11.3. The second-order valence-corrected chi connectivity index (χ2v) is 7.65. The summed E-state index contributed by atoms with van der Waals surface area (Å²) in [5.41, 5.74) is 2.79. The van der Waals surface area contributed by atoms with E-state index in [1.165, 1.54) is 11.1 Å². The van der Waals surface area contributed by atoms with E-state index < -0.39 is 0 Å². The smallest absolute Gasteiger partial charge is 0.189 e. The van der Waals surface area contributed by atoms with Gasteiger partial charge in [-0.25, -0.2) is 9.97 Å². The lowest BCUT2D eigenvalue weighted by Crippen LogP contribution is -2.44. The molecule has 1 fully saturated rings. The average Bonchev–Trinajstić information content (AvgIpc) is 2.72. The standard InChI is InChI=1S/C20H26N4OS/c1-26-20-21-10-6-19(23-20)24-11-7-16(8-12-24)22-14-18-17-5-3-2-4-15(17)9-13-25-18/h2-6,10,16,18,22H,7-9,11-14H2,1H3/t18-/m0/s1. The molecule has 2 aliphatic heterocycles. The van der Waals surface area contributed by atoms with Gasteiger partial charge in [0.2, 0.25) is 0 Å². The van der Waals surface area contributed by atoms with Crippen LogP contribution in [0, 0.1) is 0 Å². The summed E-state index contributed by atoms with van der Waals surface area (Å²) in [5, 5.41) is 4.58. The van der Waals surface area contributed by atoms with Gasteiger partial charge in [0, 0.05) is 31.9 Å². The van der Waals surface area contributed by atoms with Gasteiger partial charge in [0.15, 0.2) is 5.16 Å². The van der Waals surface area contributed by atoms with Gasteiger partial charge >= 0.3 is 0 Å². The Bertz CT molecular complexity index is 733. The topological polar surface area (TPSA) is 50.3 Å². The Balaban J connectivity index is 1.29. The minimum atomic E-state index is 0.184. The van der Waals surface area contributed by atoms with Crippen LogP contribution >= 0.6 is 11.8 Å². The molecule has 26 heavy (non-hydrogen) atoms. The van der Waals surface area contributed by atoms with E-state index in [1.807, 2.05) is 18.5 Å². The highest BCUT2D eigenvalue weighted by Gasteiger charge is 2.24. The lowest BCUT2D eigenvalue weighted by Gasteiger charge is -2.34. The predicted octanol–water partition coefficient (Wildman–Crippen LogP) is 3.07. The lowest BCUT2D eigenvalue weighted by atomic mass is 9.97. The van der Waals surface area contributed by atoms with Gasteiger partial charge in [0.25, 0.3) is 0 Å². The average molecular weight is 371 g/mol. The van der Waals surface area contributed by atoms with Crippen molar-refractivity contribution in [3.8, 4) is 0 Å². The van der Waals surface area contributed by atoms with Crippen molar-refractivity contribution in [3.05, 3.63) is 47.7 Å². The molecule has 5 nitrogen and oxygen atoms in total. The van der Waals surface area contributed by atoms with Gasteiger partial charge in [-0.15, -0.1) is 0 Å². The number of fused-ring (bicyclic) bond motifs is 1. The maximum absolute atomic E-state index is 6.02. The van der Waals surface area contributed by atoms with E-state index in [9.17, 15) is 0 Å². The Morgan fingerprint density at radius 1 is 1.23 bits per heavy atom. The Morgan fingerprint density at radius 2 is 2.08 bits per heavy atom. The number of benzene rings is 1. The molecule has 1 saturated heterocycles. The van der Waals surface area contributed by atoms with Crippen molar-refractivity contribution in [1.82, 2.24) is 15.3 Å². The summed E-state index contributed by atoms with van der Waals surface area (Å²) in [7, 11) is 0. The van der Waals surface area contributed by atoms with E-state index in [1.54, 1.807) is 11.8 Å². The normalized spacial score (nSPS) is 20.8. The molecule has 1 aromatic carbocycles. The third-order valence-electron chi connectivity index (χ3n) is 5.30. The van der Waals surface area contributed by atoms with Crippen molar-refractivity contribution in [1.29, 1.82) is 0 Å². The molecule has 3 heterocycles. The quantitative estimate of drug-likeness (QED) is 0.645. The molecule has 2 aliphatic rings. The molecule has 6 heteroatoms. The van der Waals surface area contributed by atoms with Crippen LogP contribution in [-0.4, -0.2) is 48.5 Å². The zero-order chi connectivity index (χ0) is 17.8. The molecule has 0 saturated carbocycles. The van der Waals surface area contributed by atoms with Gasteiger partial charge in [0.1, 0.15) is 5.82 Å². The summed E-state index contributed by atoms with van der Waals surface area (Å²) in [5.74, 6) is 1.05. The van der Waals surface area contributed by atoms with E-state index in [-0.39, 0.29) is 6.10 Å². The number of ether oxygens (including phenoxy) is 1. The summed E-state index contributed by atoms with van der Waals surface area (Å²) in [6, 6.07) is 11.2. The van der Waals surface area contributed by atoms with Gasteiger partial charge in [-0.3, -0.25) is 0 Å². The monoisotopic (exact) mass is 370 g/mol. The number of hydrogen-bond donors (Lipinski definition) is 1. The molecule has 1 aromatic heterocycles. The number of aromatic nitrogens is 2. The van der Waals surface area contributed by atoms with Crippen LogP contribution in [0.15, 0.2) is 41.7 Å². The number of anilines is 1. The molecule has 0 aliphatic carbocycles. The minimum absolute atomic E-state index is 0.184. The van der Waals surface area contributed by atoms with Crippen molar-refractivity contribution >= 4 is 17.6 Å². The van der Waals surface area contributed by atoms with Crippen LogP contribution in [-0.2, 0) is 11.2 Å². The number of piperidine rings is 1. The molecule has 138 valence electrons. The number of hydrogen-bond acceptors (Lipinski definition) is 6. The fraction of sp³-hybridized carbons (Fsp3) is 0.500. The van der Waals surface area contributed by atoms with Crippen molar-refractivity contribution in [2.24, 2.45) is 0 Å². The van der Waals surface area contributed by atoms with Crippen LogP contribution in [0.5, 0.6) is 0 Å². The molecular weight excluding hydrogens is 344 g/mol. The number of thioether (sulfide) groups is 1. The van der Waals surface area contributed by atoms with Crippen LogP contribution in [0.3, 0.4) is 0 Å². The van der Waals surface area contributed by atoms with Gasteiger partial charge in [0.05, 0.1) is 12.7 Å². The summed E-state index contributed by atoms with van der Waals surface area (Å²) in [6.07, 6.45) is 7.35. The molecular formula is C20H26N4OS. The van der Waals surface area contributed by atoms with E-state index in [0.717, 1.165) is 56.5 Å². The van der Waals surface area contributed by atoms with E-state index in [4.69, 9.17) is 4.74 Å². The Hall–Kier alpha value is -1.63. The molecule has 1 N–H and O–H groups in total. The SMILES string of the molecule is CSc1nccc(N2CCC(NC[C@@H]3OCCc4ccccc43)CC2)n1. The Morgan fingerprint density at radius 3 is 2.92 bits per heavy atom. The molecule has 0 spiro atoms. The number of rotatable bonds is 5. The molecule has 4 rings (SSSR count). The van der Waals surface area contributed by atoms with Gasteiger partial charge in [-0.1, -0.05) is 36.0 Å². The van der Waals surface area contributed by atoms with E-state index in [2.05, 4.69) is 44.5 Å². The first kappa shape index (κ1) is 17.8. The van der Waals surface area contributed by atoms with E-state index in [0.29, 0.717) is 6.04 Å². The lowest BCUT2D eigenvalue weighted by molar-refractivity contribution is 0.0400. The second-order valence-electron chi connectivity index (χ2n) is 6.88. The van der Waals surface area contributed by atoms with Gasteiger partial charge in [-0.05, 0) is 42.7 Å². The first-order valence-corrected chi connectivity index (χ1v) is 10.6. The first-order chi connectivity index (χ1) is 12.8. The van der Waals surface area contributed by atoms with Crippen LogP contribution in [0.25, 0.3) is 0 Å². The summed E-state index contributed by atoms with van der Waals surface area (Å²) in [6.45, 7) is 3.79. The maximum Gasteiger partial charge on any atom is 0.189 e. The third kappa shape index (κ3) is 4.03. The van der Waals surface area contributed by atoms with Crippen molar-refractivity contribution in [3.63, 3.8) is 0 Å². The minimum Gasteiger partial charge on any atom is -0.372 e. The highest BCUT2D eigenvalue weighted by Crippen LogP contribution is 2.27. The molecule has 1 atom stereocenters. The van der Waals surface area contributed by atoms with E-state index >= 15 is 0 Å². The fourth-order valence-electron chi connectivity index (χ4n) is 3.84. The molecule has 0 bridgehead atoms. The Labute approximate surface area is 159 Å². The molecule has 0 radical (unpaired) electrons. The summed E-state index contributed by atoms with van der Waals surface area (Å²) < 4.78 is 6.02. The number of nitrogens with one attached hydrogen (secondary N) is 1. The zero-order valence-electron chi connectivity index (χ0n) is 15.2. The van der Waals surface area contributed by atoms with Crippen LogP contribution in [0.1, 0.15) is 30.1 Å². The largest absolute Gasteiger partial charge is 0.372 e.